The SMILES string of the molecule is C=C(/C(C)=C\C(C)(C)C)N1CCC(CCCOc2ccc(S(C)(=O)=O)c(C)c2)CC1. The van der Waals surface area contributed by atoms with Crippen LogP contribution in [0.25, 0.3) is 0 Å². The Morgan fingerprint density at radius 1 is 1.27 bits per heavy atom. The van der Waals surface area contributed by atoms with Crippen LogP contribution in [0.15, 0.2) is 47.0 Å². The van der Waals surface area contributed by atoms with Gasteiger partial charge in [0.05, 0.1) is 11.5 Å². The maximum Gasteiger partial charge on any atom is 0.175 e. The van der Waals surface area contributed by atoms with Gasteiger partial charge in [0, 0.05) is 25.0 Å². The molecule has 5 heteroatoms. The smallest absolute Gasteiger partial charge is 0.175 e. The Labute approximate surface area is 183 Å². The van der Waals surface area contributed by atoms with E-state index in [9.17, 15) is 8.42 Å². The zero-order valence-electron chi connectivity index (χ0n) is 19.6. The van der Waals surface area contributed by atoms with Crippen LogP contribution >= 0.6 is 0 Å². The second-order valence-electron chi connectivity index (χ2n) is 9.76. The summed E-state index contributed by atoms with van der Waals surface area (Å²) < 4.78 is 29.3. The average molecular weight is 434 g/mol. The Morgan fingerprint density at radius 3 is 2.43 bits per heavy atom. The molecule has 0 aromatic heterocycles. The number of ether oxygens (including phenoxy) is 1. The van der Waals surface area contributed by atoms with Gasteiger partial charge in [-0.2, -0.15) is 0 Å². The van der Waals surface area contributed by atoms with E-state index >= 15 is 0 Å². The number of benzene rings is 1. The molecule has 0 saturated carbocycles. The first-order chi connectivity index (χ1) is 13.9. The summed E-state index contributed by atoms with van der Waals surface area (Å²) in [6.45, 7) is 17.8. The minimum Gasteiger partial charge on any atom is -0.494 e. The topological polar surface area (TPSA) is 46.6 Å². The van der Waals surface area contributed by atoms with Gasteiger partial charge in [-0.25, -0.2) is 8.42 Å². The van der Waals surface area contributed by atoms with Gasteiger partial charge in [-0.15, -0.1) is 0 Å². The minimum atomic E-state index is -3.18. The first kappa shape index (κ1) is 24.5. The number of piperidine rings is 1. The molecule has 1 heterocycles. The number of hydrogen-bond acceptors (Lipinski definition) is 4. The summed E-state index contributed by atoms with van der Waals surface area (Å²) in [7, 11) is -3.18. The van der Waals surface area contributed by atoms with E-state index in [1.807, 2.05) is 13.0 Å². The summed E-state index contributed by atoms with van der Waals surface area (Å²) in [6.07, 6.45) is 8.12. The van der Waals surface area contributed by atoms with Crippen molar-refractivity contribution in [1.82, 2.24) is 4.90 Å². The summed E-state index contributed by atoms with van der Waals surface area (Å²) in [6, 6.07) is 5.20. The zero-order valence-corrected chi connectivity index (χ0v) is 20.4. The van der Waals surface area contributed by atoms with Crippen LogP contribution in [0.3, 0.4) is 0 Å². The highest BCUT2D eigenvalue weighted by molar-refractivity contribution is 7.90. The Hall–Kier alpha value is -1.75. The van der Waals surface area contributed by atoms with Gasteiger partial charge in [0.2, 0.25) is 0 Å². The van der Waals surface area contributed by atoms with Crippen molar-refractivity contribution < 1.29 is 13.2 Å². The Kier molecular flexibility index (Phi) is 8.20. The third-order valence-electron chi connectivity index (χ3n) is 5.67. The monoisotopic (exact) mass is 433 g/mol. The molecule has 0 amide bonds. The summed E-state index contributed by atoms with van der Waals surface area (Å²) in [5, 5.41) is 0. The van der Waals surface area contributed by atoms with Crippen molar-refractivity contribution in [2.24, 2.45) is 11.3 Å². The molecule has 168 valence electrons. The van der Waals surface area contributed by atoms with Crippen molar-refractivity contribution in [2.75, 3.05) is 26.0 Å². The second-order valence-corrected chi connectivity index (χ2v) is 11.7. The van der Waals surface area contributed by atoms with E-state index in [4.69, 9.17) is 4.74 Å². The van der Waals surface area contributed by atoms with Crippen LogP contribution < -0.4 is 4.74 Å². The molecule has 0 radical (unpaired) electrons. The molecule has 0 N–H and O–H groups in total. The van der Waals surface area contributed by atoms with E-state index in [0.29, 0.717) is 11.5 Å². The van der Waals surface area contributed by atoms with Gasteiger partial charge in [0.1, 0.15) is 5.75 Å². The van der Waals surface area contributed by atoms with E-state index in [1.165, 1.54) is 30.4 Å². The summed E-state index contributed by atoms with van der Waals surface area (Å²) in [5.74, 6) is 1.48. The van der Waals surface area contributed by atoms with E-state index in [2.05, 4.69) is 45.2 Å². The number of sulfone groups is 1. The van der Waals surface area contributed by atoms with E-state index < -0.39 is 9.84 Å². The summed E-state index contributed by atoms with van der Waals surface area (Å²) >= 11 is 0. The Bertz CT molecular complexity index is 870. The van der Waals surface area contributed by atoms with Crippen LogP contribution in [-0.2, 0) is 9.84 Å². The molecule has 1 aliphatic heterocycles. The van der Waals surface area contributed by atoms with Crippen molar-refractivity contribution in [3.63, 3.8) is 0 Å². The van der Waals surface area contributed by atoms with Crippen LogP contribution in [0, 0.1) is 18.3 Å². The molecule has 0 aliphatic carbocycles. The first-order valence-corrected chi connectivity index (χ1v) is 12.8. The van der Waals surface area contributed by atoms with Crippen LogP contribution in [0.2, 0.25) is 0 Å². The molecule has 1 fully saturated rings. The van der Waals surface area contributed by atoms with Crippen LogP contribution in [-0.4, -0.2) is 39.3 Å². The van der Waals surface area contributed by atoms with Crippen molar-refractivity contribution >= 4 is 9.84 Å². The lowest BCUT2D eigenvalue weighted by molar-refractivity contribution is 0.208. The largest absolute Gasteiger partial charge is 0.494 e. The highest BCUT2D eigenvalue weighted by Crippen LogP contribution is 2.28. The third kappa shape index (κ3) is 7.50. The predicted octanol–water partition coefficient (Wildman–Crippen LogP) is 5.78. The quantitative estimate of drug-likeness (QED) is 0.385. The number of aryl methyl sites for hydroxylation is 1. The van der Waals surface area contributed by atoms with Gasteiger partial charge in [-0.05, 0) is 80.2 Å². The Balaban J connectivity index is 1.74. The van der Waals surface area contributed by atoms with Crippen molar-refractivity contribution in [1.29, 1.82) is 0 Å². The number of rotatable bonds is 8. The molecular weight excluding hydrogens is 394 g/mol. The van der Waals surface area contributed by atoms with Crippen molar-refractivity contribution in [2.45, 2.75) is 65.2 Å². The van der Waals surface area contributed by atoms with Crippen molar-refractivity contribution in [3.8, 4) is 5.75 Å². The molecule has 1 aliphatic rings. The number of likely N-dealkylation sites (tertiary alicyclic amines) is 1. The first-order valence-electron chi connectivity index (χ1n) is 10.9. The second kappa shape index (κ2) is 10.0. The van der Waals surface area contributed by atoms with E-state index in [-0.39, 0.29) is 5.41 Å². The fourth-order valence-electron chi connectivity index (χ4n) is 4.16. The highest BCUT2D eigenvalue weighted by atomic mass is 32.2. The molecule has 30 heavy (non-hydrogen) atoms. The average Bonchev–Trinajstić information content (AvgIpc) is 2.63. The van der Waals surface area contributed by atoms with Crippen LogP contribution in [0.1, 0.15) is 58.9 Å². The fourth-order valence-corrected chi connectivity index (χ4v) is 5.12. The van der Waals surface area contributed by atoms with Crippen molar-refractivity contribution in [3.05, 3.63) is 47.7 Å². The maximum absolute atomic E-state index is 11.7. The van der Waals surface area contributed by atoms with Gasteiger partial charge in [-0.3, -0.25) is 0 Å². The third-order valence-corrected chi connectivity index (χ3v) is 6.93. The number of nitrogens with zero attached hydrogens (tertiary/aromatic N) is 1. The van der Waals surface area contributed by atoms with Crippen LogP contribution in [0.4, 0.5) is 0 Å². The molecule has 4 nitrogen and oxygen atoms in total. The standard InChI is InChI=1S/C25H39NO3S/c1-19-17-23(10-11-24(19)30(7,27)28)29-16-8-9-22-12-14-26(15-13-22)21(3)20(2)18-25(4,5)6/h10-11,17-18,22H,3,8-9,12-16H2,1-2,4-7H3/b20-18-. The molecule has 1 aromatic rings. The fraction of sp³-hybridized carbons (Fsp3) is 0.600. The lowest BCUT2D eigenvalue weighted by Crippen LogP contribution is -2.33. The van der Waals surface area contributed by atoms with Gasteiger partial charge in [0.25, 0.3) is 0 Å². The molecule has 0 bridgehead atoms. The molecule has 1 saturated heterocycles. The van der Waals surface area contributed by atoms with Gasteiger partial charge < -0.3 is 9.64 Å². The van der Waals surface area contributed by atoms with Gasteiger partial charge >= 0.3 is 0 Å². The minimum absolute atomic E-state index is 0.176. The molecule has 2 rings (SSSR count). The maximum atomic E-state index is 11.7. The summed E-state index contributed by atoms with van der Waals surface area (Å²) in [4.78, 5) is 2.80. The molecular formula is C25H39NO3S. The molecule has 0 unspecified atom stereocenters. The molecule has 0 spiro atoms. The molecule has 1 aromatic carbocycles. The van der Waals surface area contributed by atoms with Gasteiger partial charge in [0.15, 0.2) is 9.84 Å². The van der Waals surface area contributed by atoms with Crippen LogP contribution in [0.5, 0.6) is 5.75 Å². The normalized spacial score (nSPS) is 16.6. The lowest BCUT2D eigenvalue weighted by atomic mass is 9.90. The summed E-state index contributed by atoms with van der Waals surface area (Å²) in [5.41, 5.74) is 3.36. The van der Waals surface area contributed by atoms with E-state index in [0.717, 1.165) is 43.2 Å². The highest BCUT2D eigenvalue weighted by Gasteiger charge is 2.21. The van der Waals surface area contributed by atoms with E-state index in [1.54, 1.807) is 12.1 Å². The lowest BCUT2D eigenvalue weighted by Gasteiger charge is -2.35. The number of hydrogen-bond donors (Lipinski definition) is 0. The Morgan fingerprint density at radius 2 is 1.90 bits per heavy atom. The molecule has 0 atom stereocenters. The predicted molar refractivity (Wildman–Crippen MR) is 126 cm³/mol. The van der Waals surface area contributed by atoms with Gasteiger partial charge in [-0.1, -0.05) is 33.4 Å². The number of allylic oxidation sites excluding steroid dienone is 2. The zero-order chi connectivity index (χ0) is 22.5.